The maximum atomic E-state index is 14.6. The number of nitrogens with one attached hydrogen (secondary N) is 3. The Morgan fingerprint density at radius 1 is 1.07 bits per heavy atom. The Morgan fingerprint density at radius 3 is 2.58 bits per heavy atom. The average Bonchev–Trinajstić information content (AvgIpc) is 3.65. The van der Waals surface area contributed by atoms with E-state index in [1.165, 1.54) is 32.8 Å². The molecule has 1 spiro atoms. The van der Waals surface area contributed by atoms with Gasteiger partial charge in [-0.1, -0.05) is 48.2 Å². The second-order valence-electron chi connectivity index (χ2n) is 18.1. The van der Waals surface area contributed by atoms with E-state index in [0.29, 0.717) is 53.5 Å². The Bertz CT molecular complexity index is 2610. The van der Waals surface area contributed by atoms with Crippen molar-refractivity contribution in [3.63, 3.8) is 0 Å². The maximum Gasteiger partial charge on any atom is 2.00 e. The molecule has 3 fully saturated rings. The number of aryl methyl sites for hydroxylation is 3. The average molecular weight is 1130 g/mol. The van der Waals surface area contributed by atoms with Crippen LogP contribution in [0.15, 0.2) is 94.0 Å². The molecule has 3 aromatic carbocycles. The minimum Gasteiger partial charge on any atom is -0.662 e. The van der Waals surface area contributed by atoms with E-state index in [1.807, 2.05) is 81.4 Å². The third kappa shape index (κ3) is 14.7. The van der Waals surface area contributed by atoms with Gasteiger partial charge in [-0.15, -0.1) is 25.2 Å². The normalized spacial score (nSPS) is 18.1. The summed E-state index contributed by atoms with van der Waals surface area (Å²) in [6.07, 6.45) is 3.67. The topological polar surface area (TPSA) is 120 Å². The number of benzene rings is 3. The van der Waals surface area contributed by atoms with Crippen LogP contribution in [0.25, 0.3) is 22.5 Å². The zero-order valence-corrected chi connectivity index (χ0v) is 42.3. The van der Waals surface area contributed by atoms with Crippen LogP contribution in [-0.2, 0) is 26.3 Å². The molecule has 0 radical (unpaired) electrons. The number of likely N-dealkylation sites (tertiary alicyclic amines) is 1. The minimum atomic E-state index is -4.41. The number of hydrogen-bond acceptors (Lipinski definition) is 9. The summed E-state index contributed by atoms with van der Waals surface area (Å²) in [6.45, 7) is 9.03. The van der Waals surface area contributed by atoms with Crippen molar-refractivity contribution in [1.82, 2.24) is 19.9 Å². The first-order valence-corrected chi connectivity index (χ1v) is 23.1. The summed E-state index contributed by atoms with van der Waals surface area (Å²) in [6, 6.07) is 24.7. The molecule has 2 aromatic heterocycles. The molecule has 0 amide bonds. The first-order chi connectivity index (χ1) is 32.7. The van der Waals surface area contributed by atoms with E-state index in [4.69, 9.17) is 14.0 Å². The van der Waals surface area contributed by atoms with Crippen LogP contribution in [0.1, 0.15) is 60.2 Å². The zero-order valence-electron chi connectivity index (χ0n) is 39.8. The van der Waals surface area contributed by atoms with Crippen LogP contribution in [0.2, 0.25) is 0 Å². The molecule has 2 saturated heterocycles. The Kier molecular flexibility index (Phi) is 18.6. The van der Waals surface area contributed by atoms with Crippen LogP contribution in [0.3, 0.4) is 0 Å². The molecule has 8 rings (SSSR count). The monoisotopic (exact) mass is 1130 g/mol. The summed E-state index contributed by atoms with van der Waals surface area (Å²) in [4.78, 5) is 14.4. The molecule has 5 aromatic rings. The van der Waals surface area contributed by atoms with Gasteiger partial charge in [0.25, 0.3) is 5.56 Å². The molecule has 368 valence electrons. The smallest absolute Gasteiger partial charge is 0.662 e. The number of anilines is 2. The van der Waals surface area contributed by atoms with Crippen molar-refractivity contribution in [2.75, 3.05) is 70.7 Å². The van der Waals surface area contributed by atoms with Gasteiger partial charge in [0.15, 0.2) is 0 Å². The number of ether oxygens (including phenoxy) is 2. The van der Waals surface area contributed by atoms with Crippen LogP contribution >= 0.6 is 0 Å². The van der Waals surface area contributed by atoms with Crippen LogP contribution < -0.4 is 31.0 Å². The van der Waals surface area contributed by atoms with Gasteiger partial charge in [0.1, 0.15) is 24.2 Å². The molecule has 0 bridgehead atoms. The summed E-state index contributed by atoms with van der Waals surface area (Å²) >= 11 is 0. The van der Waals surface area contributed by atoms with E-state index >= 15 is 0 Å². The predicted octanol–water partition coefficient (Wildman–Crippen LogP) is 9.97. The Hall–Kier alpha value is -5.60. The molecular formula is C53H61F4N7O4Os. The number of piperidine rings is 2. The van der Waals surface area contributed by atoms with E-state index in [9.17, 15) is 22.4 Å². The fourth-order valence-electron chi connectivity index (χ4n) is 9.30. The summed E-state index contributed by atoms with van der Waals surface area (Å²) in [7, 11) is 3.41. The second kappa shape index (κ2) is 24.3. The van der Waals surface area contributed by atoms with Gasteiger partial charge in [-0.3, -0.25) is 4.79 Å². The Labute approximate surface area is 415 Å². The quantitative estimate of drug-likeness (QED) is 0.0568. The fourth-order valence-corrected chi connectivity index (χ4v) is 9.30. The van der Waals surface area contributed by atoms with Gasteiger partial charge < -0.3 is 44.7 Å². The van der Waals surface area contributed by atoms with Crippen molar-refractivity contribution in [3.05, 3.63) is 135 Å². The number of alkyl halides is 4. The number of nitrogens with zero attached hydrogens (tertiary/aromatic N) is 4. The van der Waals surface area contributed by atoms with Gasteiger partial charge in [-0.05, 0) is 111 Å². The van der Waals surface area contributed by atoms with E-state index in [0.717, 1.165) is 65.7 Å². The molecular weight excluding hydrogens is 1060 g/mol. The van der Waals surface area contributed by atoms with Gasteiger partial charge in [-0.2, -0.15) is 25.3 Å². The SMILES string of the molecule is COc1c[c-]ccc1NCC#C/C(=C/c1c(C)cccc1N[C@@H]1CCN(C)CC1F)NCC(F)(F)F.Cc1noc(C)c1-c1ccc(=O)n(Cc2cccc(OCC3CC4(CC[N-]CC4)C3)c2)c1.[Os+2]. The second-order valence-corrected chi connectivity index (χ2v) is 18.1. The molecule has 1 unspecified atom stereocenters. The number of allylic oxidation sites excluding steroid dienone is 1. The van der Waals surface area contributed by atoms with Crippen molar-refractivity contribution in [3.8, 4) is 34.5 Å². The van der Waals surface area contributed by atoms with Crippen LogP contribution in [0.4, 0.5) is 28.9 Å². The molecule has 1 saturated carbocycles. The molecule has 2 atom stereocenters. The molecule has 2 aliphatic heterocycles. The molecule has 16 heteroatoms. The van der Waals surface area contributed by atoms with E-state index in [2.05, 4.69) is 44.3 Å². The first-order valence-electron chi connectivity index (χ1n) is 23.1. The zero-order chi connectivity index (χ0) is 48.3. The van der Waals surface area contributed by atoms with Gasteiger partial charge >= 0.3 is 26.0 Å². The fraction of sp³-hybridized carbons (Fsp3) is 0.434. The van der Waals surface area contributed by atoms with Crippen molar-refractivity contribution in [2.24, 2.45) is 11.3 Å². The largest absolute Gasteiger partial charge is 2.00 e. The Morgan fingerprint density at radius 2 is 1.86 bits per heavy atom. The van der Waals surface area contributed by atoms with Crippen molar-refractivity contribution >= 4 is 17.5 Å². The summed E-state index contributed by atoms with van der Waals surface area (Å²) in [5, 5.41) is 17.3. The predicted molar refractivity (Wildman–Crippen MR) is 260 cm³/mol. The third-order valence-electron chi connectivity index (χ3n) is 12.9. The van der Waals surface area contributed by atoms with Gasteiger partial charge in [0, 0.05) is 53.5 Å². The van der Waals surface area contributed by atoms with Gasteiger partial charge in [-0.25, -0.2) is 4.39 Å². The Balaban J connectivity index is 0.000000225. The number of methoxy groups -OCH3 is 1. The molecule has 3 N–H and O–H groups in total. The maximum absolute atomic E-state index is 14.6. The van der Waals surface area contributed by atoms with Crippen molar-refractivity contribution in [2.45, 2.75) is 77.8 Å². The van der Waals surface area contributed by atoms with E-state index in [-0.39, 0.29) is 43.6 Å². The molecule has 4 heterocycles. The molecule has 11 nitrogen and oxygen atoms in total. The summed E-state index contributed by atoms with van der Waals surface area (Å²) in [5.74, 6) is 8.52. The number of pyridine rings is 1. The standard InChI is InChI=1S/C27H31F4N4O.C26H30N3O3.Os/c1-19-8-6-11-23(34-24-13-15-35(2)17-22(24)28)21(19)16-20(33-18-27(29,30)31)9-7-14-32-25-10-4-5-12-26(25)36-3;1-18-25(19(2)32-28-18)22-6-7-24(30)29(16-22)15-20-4-3-5-23(12-20)31-17-21-13-26(14-21)8-10-27-11-9-26;/h4,6,8,10-12,16,22,24,32-34H,13-15,17-18H2,1-3H3;3-7,12,16,21H,8-11,13-15,17H2,1-2H3;/q2*-1;+2/b20-16-;;/t22?,24-;;/m1../s1. The minimum absolute atomic E-state index is 0. The van der Waals surface area contributed by atoms with E-state index < -0.39 is 18.9 Å². The summed E-state index contributed by atoms with van der Waals surface area (Å²) in [5.41, 5.74) is 7.21. The van der Waals surface area contributed by atoms with Gasteiger partial charge in [0.05, 0.1) is 44.2 Å². The number of hydrogen-bond donors (Lipinski definition) is 3. The number of aromatic nitrogens is 2. The first kappa shape index (κ1) is 52.8. The molecule has 3 aliphatic rings. The van der Waals surface area contributed by atoms with Crippen LogP contribution in [0, 0.1) is 50.0 Å². The van der Waals surface area contributed by atoms with Crippen LogP contribution in [-0.4, -0.2) is 93.0 Å². The van der Waals surface area contributed by atoms with Crippen molar-refractivity contribution in [1.29, 1.82) is 0 Å². The third-order valence-corrected chi connectivity index (χ3v) is 12.9. The molecule has 1 aliphatic carbocycles. The van der Waals surface area contributed by atoms with Gasteiger partial charge in [0.2, 0.25) is 0 Å². The van der Waals surface area contributed by atoms with Crippen LogP contribution in [0.5, 0.6) is 11.5 Å². The number of halogens is 4. The molecule has 69 heavy (non-hydrogen) atoms. The van der Waals surface area contributed by atoms with Crippen molar-refractivity contribution < 1.29 is 51.3 Å². The number of rotatable bonds is 14. The summed E-state index contributed by atoms with van der Waals surface area (Å²) < 4.78 is 71.9. The van der Waals surface area contributed by atoms with E-state index in [1.54, 1.807) is 41.0 Å².